The van der Waals surface area contributed by atoms with Gasteiger partial charge in [-0.05, 0) is 18.2 Å². The average Bonchev–Trinajstić information content (AvgIpc) is 3.30. The van der Waals surface area contributed by atoms with Crippen molar-refractivity contribution in [2.45, 2.75) is 13.1 Å². The van der Waals surface area contributed by atoms with Crippen LogP contribution in [-0.4, -0.2) is 48.2 Å². The molecular weight excluding hydrogens is 334 g/mol. The number of benzene rings is 1. The van der Waals surface area contributed by atoms with Crippen molar-refractivity contribution in [2.24, 2.45) is 5.92 Å². The summed E-state index contributed by atoms with van der Waals surface area (Å²) in [6.07, 6.45) is 2.96. The van der Waals surface area contributed by atoms with Crippen LogP contribution in [0.4, 0.5) is 5.69 Å². The fourth-order valence-electron chi connectivity index (χ4n) is 2.96. The summed E-state index contributed by atoms with van der Waals surface area (Å²) in [5, 5.41) is 13.6. The van der Waals surface area contributed by atoms with Gasteiger partial charge in [0.25, 0.3) is 5.91 Å². The lowest BCUT2D eigenvalue weighted by Crippen LogP contribution is -2.38. The maximum Gasteiger partial charge on any atom is 0.272 e. The Bertz CT molecular complexity index is 904. The maximum absolute atomic E-state index is 12.8. The molecule has 1 unspecified atom stereocenters. The zero-order valence-corrected chi connectivity index (χ0v) is 13.9. The predicted octanol–water partition coefficient (Wildman–Crippen LogP) is 0.912. The molecule has 2 N–H and O–H groups in total. The normalized spacial score (nSPS) is 16.6. The number of aromatic nitrogens is 5. The van der Waals surface area contributed by atoms with Crippen LogP contribution in [0.2, 0.25) is 0 Å². The van der Waals surface area contributed by atoms with Gasteiger partial charge in [0.1, 0.15) is 17.8 Å². The molecule has 0 bridgehead atoms. The number of nitrogens with zero attached hydrogens (tertiary/aromatic N) is 5. The molecule has 0 fully saturated rings. The first-order valence-electron chi connectivity index (χ1n) is 8.22. The molecule has 1 aliphatic heterocycles. The molecule has 9 nitrogen and oxygen atoms in total. The summed E-state index contributed by atoms with van der Waals surface area (Å²) in [6, 6.07) is 10.8. The number of aromatic amines is 1. The molecule has 0 saturated heterocycles. The Balaban J connectivity index is 1.58. The van der Waals surface area contributed by atoms with E-state index in [9.17, 15) is 9.59 Å². The van der Waals surface area contributed by atoms with Crippen molar-refractivity contribution in [1.29, 1.82) is 0 Å². The van der Waals surface area contributed by atoms with E-state index >= 15 is 0 Å². The number of H-pyrrole nitrogens is 1. The summed E-state index contributed by atoms with van der Waals surface area (Å²) in [5.41, 5.74) is 1.09. The van der Waals surface area contributed by atoms with Crippen LogP contribution in [0.3, 0.4) is 0 Å². The molecule has 2 amide bonds. The highest BCUT2D eigenvalue weighted by atomic mass is 16.2. The minimum Gasteiger partial charge on any atom is -0.329 e. The Morgan fingerprint density at radius 3 is 2.77 bits per heavy atom. The van der Waals surface area contributed by atoms with E-state index in [0.29, 0.717) is 23.8 Å². The Morgan fingerprint density at radius 1 is 1.15 bits per heavy atom. The second kappa shape index (κ2) is 6.79. The van der Waals surface area contributed by atoms with E-state index in [1.54, 1.807) is 15.6 Å². The SMILES string of the molecule is O=C(Nc1ccccc1)C1CN(C(=O)c2ccn[nH]2)Cc2ncnn2C1. The van der Waals surface area contributed by atoms with Crippen LogP contribution in [0.5, 0.6) is 0 Å². The van der Waals surface area contributed by atoms with Gasteiger partial charge in [0.2, 0.25) is 5.91 Å². The lowest BCUT2D eigenvalue weighted by molar-refractivity contribution is -0.120. The van der Waals surface area contributed by atoms with Gasteiger partial charge in [0.05, 0.1) is 19.0 Å². The van der Waals surface area contributed by atoms with Crippen LogP contribution < -0.4 is 5.32 Å². The smallest absolute Gasteiger partial charge is 0.272 e. The van der Waals surface area contributed by atoms with Crippen LogP contribution in [0.25, 0.3) is 0 Å². The third-order valence-electron chi connectivity index (χ3n) is 4.29. The van der Waals surface area contributed by atoms with Gasteiger partial charge in [-0.3, -0.25) is 14.7 Å². The van der Waals surface area contributed by atoms with Gasteiger partial charge in [-0.2, -0.15) is 10.2 Å². The van der Waals surface area contributed by atoms with Crippen molar-refractivity contribution >= 4 is 17.5 Å². The number of para-hydroxylation sites is 1. The first-order chi connectivity index (χ1) is 12.7. The Morgan fingerprint density at radius 2 is 2.00 bits per heavy atom. The second-order valence-electron chi connectivity index (χ2n) is 6.07. The van der Waals surface area contributed by atoms with Gasteiger partial charge >= 0.3 is 0 Å². The van der Waals surface area contributed by atoms with Gasteiger partial charge in [-0.15, -0.1) is 0 Å². The fourth-order valence-corrected chi connectivity index (χ4v) is 2.96. The predicted molar refractivity (Wildman–Crippen MR) is 91.9 cm³/mol. The number of amides is 2. The first-order valence-corrected chi connectivity index (χ1v) is 8.22. The van der Waals surface area contributed by atoms with Crippen LogP contribution in [0.1, 0.15) is 16.3 Å². The van der Waals surface area contributed by atoms with Crippen molar-refractivity contribution in [3.63, 3.8) is 0 Å². The molecule has 3 heterocycles. The maximum atomic E-state index is 12.8. The van der Waals surface area contributed by atoms with Crippen LogP contribution in [0.15, 0.2) is 48.9 Å². The van der Waals surface area contributed by atoms with Gasteiger partial charge in [-0.25, -0.2) is 9.67 Å². The minimum absolute atomic E-state index is 0.165. The lowest BCUT2D eigenvalue weighted by atomic mass is 10.1. The van der Waals surface area contributed by atoms with Crippen molar-refractivity contribution in [2.75, 3.05) is 11.9 Å². The zero-order chi connectivity index (χ0) is 17.9. The van der Waals surface area contributed by atoms with Crippen LogP contribution in [-0.2, 0) is 17.9 Å². The standard InChI is InChI=1S/C17H17N7O2/c25-16(21-13-4-2-1-3-5-13)12-8-23(17(26)14-6-7-19-22-14)10-15-18-11-20-24(15)9-12/h1-7,11-12H,8-10H2,(H,19,22)(H,21,25). The molecular formula is C17H17N7O2. The molecule has 1 atom stereocenters. The van der Waals surface area contributed by atoms with E-state index in [0.717, 1.165) is 0 Å². The van der Waals surface area contributed by atoms with Crippen LogP contribution >= 0.6 is 0 Å². The van der Waals surface area contributed by atoms with E-state index in [4.69, 9.17) is 0 Å². The molecule has 0 saturated carbocycles. The molecule has 9 heteroatoms. The molecule has 132 valence electrons. The van der Waals surface area contributed by atoms with Crippen LogP contribution in [0, 0.1) is 5.92 Å². The molecule has 0 spiro atoms. The average molecular weight is 351 g/mol. The summed E-state index contributed by atoms with van der Waals surface area (Å²) in [7, 11) is 0. The van der Waals surface area contributed by atoms with E-state index in [-0.39, 0.29) is 24.9 Å². The number of rotatable bonds is 3. The second-order valence-corrected chi connectivity index (χ2v) is 6.07. The molecule has 2 aromatic heterocycles. The summed E-state index contributed by atoms with van der Waals surface area (Å²) < 4.78 is 1.68. The van der Waals surface area contributed by atoms with E-state index in [1.165, 1.54) is 12.5 Å². The number of carbonyl (C=O) groups excluding carboxylic acids is 2. The molecule has 3 aromatic rings. The molecule has 26 heavy (non-hydrogen) atoms. The highest BCUT2D eigenvalue weighted by Crippen LogP contribution is 2.18. The third-order valence-corrected chi connectivity index (χ3v) is 4.29. The van der Waals surface area contributed by atoms with Gasteiger partial charge in [-0.1, -0.05) is 18.2 Å². The van der Waals surface area contributed by atoms with Crippen molar-refractivity contribution in [1.82, 2.24) is 29.9 Å². The van der Waals surface area contributed by atoms with Crippen molar-refractivity contribution in [3.8, 4) is 0 Å². The van der Waals surface area contributed by atoms with Crippen molar-refractivity contribution < 1.29 is 9.59 Å². The number of carbonyl (C=O) groups is 2. The van der Waals surface area contributed by atoms with E-state index in [2.05, 4.69) is 25.6 Å². The van der Waals surface area contributed by atoms with Gasteiger partial charge < -0.3 is 10.2 Å². The summed E-state index contributed by atoms with van der Waals surface area (Å²) in [6.45, 7) is 0.912. The first kappa shape index (κ1) is 16.0. The molecule has 4 rings (SSSR count). The quantitative estimate of drug-likeness (QED) is 0.729. The van der Waals surface area contributed by atoms with E-state index < -0.39 is 5.92 Å². The fraction of sp³-hybridized carbons (Fsp3) is 0.235. The minimum atomic E-state index is -0.454. The van der Waals surface area contributed by atoms with Gasteiger partial charge in [0.15, 0.2) is 0 Å². The number of hydrogen-bond acceptors (Lipinski definition) is 5. The summed E-state index contributed by atoms with van der Waals surface area (Å²) in [5.74, 6) is -0.198. The lowest BCUT2D eigenvalue weighted by Gasteiger charge is -2.23. The Kier molecular flexibility index (Phi) is 4.18. The number of nitrogens with one attached hydrogen (secondary N) is 2. The summed E-state index contributed by atoms with van der Waals surface area (Å²) in [4.78, 5) is 31.3. The van der Waals surface area contributed by atoms with E-state index in [1.807, 2.05) is 30.3 Å². The Hall–Kier alpha value is -3.49. The Labute approximate surface area is 149 Å². The molecule has 1 aliphatic rings. The molecule has 0 aliphatic carbocycles. The molecule has 0 radical (unpaired) electrons. The molecule has 1 aromatic carbocycles. The highest BCUT2D eigenvalue weighted by molar-refractivity contribution is 5.95. The van der Waals surface area contributed by atoms with Crippen molar-refractivity contribution in [3.05, 3.63) is 60.4 Å². The zero-order valence-electron chi connectivity index (χ0n) is 13.9. The number of fused-ring (bicyclic) bond motifs is 1. The third kappa shape index (κ3) is 3.18. The van der Waals surface area contributed by atoms with Gasteiger partial charge in [0, 0.05) is 18.4 Å². The number of anilines is 1. The number of hydrogen-bond donors (Lipinski definition) is 2. The highest BCUT2D eigenvalue weighted by Gasteiger charge is 2.31. The monoisotopic (exact) mass is 351 g/mol. The summed E-state index contributed by atoms with van der Waals surface area (Å²) >= 11 is 0. The topological polar surface area (TPSA) is 109 Å². The largest absolute Gasteiger partial charge is 0.329 e.